The van der Waals surface area contributed by atoms with Crippen molar-refractivity contribution in [2.45, 2.75) is 45.1 Å². The average molecular weight is 397 g/mol. The van der Waals surface area contributed by atoms with Gasteiger partial charge in [0.15, 0.2) is 0 Å². The van der Waals surface area contributed by atoms with Crippen molar-refractivity contribution in [1.29, 1.82) is 0 Å². The average Bonchev–Trinajstić information content (AvgIpc) is 3.15. The van der Waals surface area contributed by atoms with E-state index in [1.165, 1.54) is 0 Å². The van der Waals surface area contributed by atoms with E-state index in [2.05, 4.69) is 46.2 Å². The van der Waals surface area contributed by atoms with Crippen LogP contribution in [-0.4, -0.2) is 26.7 Å². The van der Waals surface area contributed by atoms with Gasteiger partial charge in [-0.3, -0.25) is 0 Å². The van der Waals surface area contributed by atoms with Crippen molar-refractivity contribution in [3.8, 4) is 16.3 Å². The summed E-state index contributed by atoms with van der Waals surface area (Å²) in [5.74, 6) is 1.06. The van der Waals surface area contributed by atoms with E-state index in [-0.39, 0.29) is 0 Å². The molecule has 7 heteroatoms. The van der Waals surface area contributed by atoms with Crippen LogP contribution in [0.15, 0.2) is 36.7 Å². The number of aromatic nitrogens is 3. The molecule has 1 aromatic carbocycles. The summed E-state index contributed by atoms with van der Waals surface area (Å²) in [6, 6.07) is 7.98. The van der Waals surface area contributed by atoms with Crippen LogP contribution in [0.1, 0.15) is 43.2 Å². The first-order chi connectivity index (χ1) is 13.6. The molecular weight excluding hydrogens is 372 g/mol. The highest BCUT2D eigenvalue weighted by Crippen LogP contribution is 2.44. The smallest absolute Gasteiger partial charge is 0.230 e. The Bertz CT molecular complexity index is 969. The van der Waals surface area contributed by atoms with Gasteiger partial charge < -0.3 is 15.2 Å². The van der Waals surface area contributed by atoms with Crippen LogP contribution in [-0.2, 0) is 5.60 Å². The summed E-state index contributed by atoms with van der Waals surface area (Å²) in [6.45, 7) is 4.74. The lowest BCUT2D eigenvalue weighted by Crippen LogP contribution is -2.33. The minimum absolute atomic E-state index is 0.499. The number of rotatable bonds is 7. The highest BCUT2D eigenvalue weighted by atomic mass is 32.1. The molecule has 0 bridgehead atoms. The molecule has 0 atom stereocenters. The number of hydrogen-bond acceptors (Lipinski definition) is 7. The van der Waals surface area contributed by atoms with Crippen LogP contribution >= 0.6 is 11.3 Å². The second-order valence-electron chi connectivity index (χ2n) is 7.19. The lowest BCUT2D eigenvalue weighted by Gasteiger charge is -2.34. The maximum absolute atomic E-state index is 10.5. The van der Waals surface area contributed by atoms with E-state index in [9.17, 15) is 5.11 Å². The first-order valence-corrected chi connectivity index (χ1v) is 10.4. The zero-order chi connectivity index (χ0) is 19.6. The third-order valence-corrected chi connectivity index (χ3v) is 6.03. The molecule has 0 amide bonds. The van der Waals surface area contributed by atoms with E-state index in [0.29, 0.717) is 18.4 Å². The molecule has 1 fully saturated rings. The molecule has 1 saturated carbocycles. The summed E-state index contributed by atoms with van der Waals surface area (Å²) in [5.41, 5.74) is 2.36. The first kappa shape index (κ1) is 18.8. The van der Waals surface area contributed by atoms with Crippen molar-refractivity contribution in [3.05, 3.63) is 47.2 Å². The van der Waals surface area contributed by atoms with Crippen LogP contribution in [0.2, 0.25) is 0 Å². The van der Waals surface area contributed by atoms with Gasteiger partial charge in [-0.15, -0.1) is 11.3 Å². The molecule has 4 rings (SSSR count). The van der Waals surface area contributed by atoms with Gasteiger partial charge in [-0.05, 0) is 55.9 Å². The second-order valence-corrected chi connectivity index (χ2v) is 8.23. The Morgan fingerprint density at radius 1 is 1.25 bits per heavy atom. The normalized spacial score (nSPS) is 15.1. The maximum atomic E-state index is 10.5. The molecule has 1 aliphatic carbocycles. The van der Waals surface area contributed by atoms with Crippen LogP contribution in [0, 0.1) is 6.92 Å². The summed E-state index contributed by atoms with van der Waals surface area (Å²) in [5, 5.41) is 14.6. The Hall–Kier alpha value is -2.51. The van der Waals surface area contributed by atoms with Gasteiger partial charge in [0, 0.05) is 24.1 Å². The molecule has 2 heterocycles. The molecular formula is C21H24N4O2S. The molecule has 0 saturated heterocycles. The van der Waals surface area contributed by atoms with Crippen molar-refractivity contribution in [2.75, 3.05) is 11.9 Å². The maximum Gasteiger partial charge on any atom is 0.230 e. The second kappa shape index (κ2) is 7.85. The van der Waals surface area contributed by atoms with Gasteiger partial charge in [-0.1, -0.05) is 13.0 Å². The topological polar surface area (TPSA) is 80.2 Å². The molecule has 0 spiro atoms. The van der Waals surface area contributed by atoms with Gasteiger partial charge in [-0.25, -0.2) is 9.97 Å². The van der Waals surface area contributed by atoms with Crippen LogP contribution in [0.5, 0.6) is 5.88 Å². The molecule has 0 aliphatic heterocycles. The highest BCUT2D eigenvalue weighted by molar-refractivity contribution is 7.15. The zero-order valence-electron chi connectivity index (χ0n) is 16.1. The number of anilines is 2. The monoisotopic (exact) mass is 396 g/mol. The summed E-state index contributed by atoms with van der Waals surface area (Å²) >= 11 is 1.56. The summed E-state index contributed by atoms with van der Waals surface area (Å²) < 4.78 is 5.58. The lowest BCUT2D eigenvalue weighted by molar-refractivity contribution is -0.0389. The Kier molecular flexibility index (Phi) is 5.28. The molecule has 0 unspecified atom stereocenters. The summed E-state index contributed by atoms with van der Waals surface area (Å²) in [4.78, 5) is 14.2. The standard InChI is InChI=1S/C21H24N4O2S/c1-3-9-27-18-5-8-22-20(25-18)24-16-11-14(2)10-15(12-16)17-13-23-19(28-17)21(26)6-4-7-21/h5,8,10-13,26H,3-4,6-7,9H2,1-2H3,(H,22,24,25). The number of aryl methyl sites for hydroxylation is 1. The quantitative estimate of drug-likeness (QED) is 0.596. The van der Waals surface area contributed by atoms with E-state index >= 15 is 0 Å². The highest BCUT2D eigenvalue weighted by Gasteiger charge is 2.39. The van der Waals surface area contributed by atoms with Gasteiger partial charge >= 0.3 is 0 Å². The molecule has 146 valence electrons. The van der Waals surface area contributed by atoms with Gasteiger partial charge in [0.05, 0.1) is 11.5 Å². The van der Waals surface area contributed by atoms with Crippen molar-refractivity contribution < 1.29 is 9.84 Å². The van der Waals surface area contributed by atoms with E-state index in [0.717, 1.165) is 52.4 Å². The zero-order valence-corrected chi connectivity index (χ0v) is 16.9. The van der Waals surface area contributed by atoms with Gasteiger partial charge in [-0.2, -0.15) is 4.98 Å². The molecule has 3 aromatic rings. The fraction of sp³-hybridized carbons (Fsp3) is 0.381. The predicted octanol–water partition coefficient (Wildman–Crippen LogP) is 4.81. The SMILES string of the molecule is CCCOc1ccnc(Nc2cc(C)cc(-c3cnc(C4(O)CCC4)s3)c2)n1. The Labute approximate surface area is 168 Å². The van der Waals surface area contributed by atoms with Gasteiger partial charge in [0.2, 0.25) is 11.8 Å². The summed E-state index contributed by atoms with van der Waals surface area (Å²) in [6.07, 6.45) is 7.13. The van der Waals surface area contributed by atoms with E-state index in [1.807, 2.05) is 12.3 Å². The summed E-state index contributed by atoms with van der Waals surface area (Å²) in [7, 11) is 0. The van der Waals surface area contributed by atoms with Crippen LogP contribution in [0.4, 0.5) is 11.6 Å². The van der Waals surface area contributed by atoms with Crippen LogP contribution in [0.3, 0.4) is 0 Å². The van der Waals surface area contributed by atoms with E-state index in [1.54, 1.807) is 23.6 Å². The molecule has 28 heavy (non-hydrogen) atoms. The Morgan fingerprint density at radius 2 is 2.11 bits per heavy atom. The van der Waals surface area contributed by atoms with Crippen molar-refractivity contribution in [1.82, 2.24) is 15.0 Å². The minimum Gasteiger partial charge on any atom is -0.478 e. The Balaban J connectivity index is 1.56. The molecule has 6 nitrogen and oxygen atoms in total. The van der Waals surface area contributed by atoms with Gasteiger partial charge in [0.1, 0.15) is 10.6 Å². The number of hydrogen-bond donors (Lipinski definition) is 2. The molecule has 1 aliphatic rings. The van der Waals surface area contributed by atoms with Crippen LogP contribution < -0.4 is 10.1 Å². The lowest BCUT2D eigenvalue weighted by atomic mass is 9.81. The van der Waals surface area contributed by atoms with Crippen molar-refractivity contribution in [3.63, 3.8) is 0 Å². The number of nitrogens with zero attached hydrogens (tertiary/aromatic N) is 3. The number of aliphatic hydroxyl groups is 1. The first-order valence-electron chi connectivity index (χ1n) is 9.59. The Morgan fingerprint density at radius 3 is 2.86 bits per heavy atom. The van der Waals surface area contributed by atoms with Crippen molar-refractivity contribution >= 4 is 23.0 Å². The van der Waals surface area contributed by atoms with Gasteiger partial charge in [0.25, 0.3) is 0 Å². The number of ether oxygens (including phenoxy) is 1. The molecule has 2 N–H and O–H groups in total. The van der Waals surface area contributed by atoms with E-state index < -0.39 is 5.60 Å². The number of nitrogens with one attached hydrogen (secondary N) is 1. The molecule has 2 aromatic heterocycles. The minimum atomic E-state index is -0.722. The molecule has 0 radical (unpaired) electrons. The van der Waals surface area contributed by atoms with Crippen LogP contribution in [0.25, 0.3) is 10.4 Å². The fourth-order valence-electron chi connectivity index (χ4n) is 3.16. The fourth-order valence-corrected chi connectivity index (χ4v) is 4.21. The third-order valence-electron chi connectivity index (χ3n) is 4.79. The predicted molar refractivity (Wildman–Crippen MR) is 111 cm³/mol. The third kappa shape index (κ3) is 4.00. The largest absolute Gasteiger partial charge is 0.478 e. The number of benzene rings is 1. The number of thiazole rings is 1. The van der Waals surface area contributed by atoms with E-state index in [4.69, 9.17) is 4.74 Å². The van der Waals surface area contributed by atoms with Crippen molar-refractivity contribution in [2.24, 2.45) is 0 Å².